The maximum atomic E-state index is 4.80. The Morgan fingerprint density at radius 2 is 0.800 bits per heavy atom. The molecule has 0 saturated carbocycles. The van der Waals surface area contributed by atoms with Crippen LogP contribution in [0.2, 0.25) is 0 Å². The van der Waals surface area contributed by atoms with Crippen molar-refractivity contribution in [2.75, 3.05) is 0 Å². The largest absolute Gasteiger partial charge is 1.00 e. The van der Waals surface area contributed by atoms with E-state index in [1.54, 1.807) is 0 Å². The second kappa shape index (κ2) is 15.9. The minimum Gasteiger partial charge on any atom is -0.656 e. The van der Waals surface area contributed by atoms with Crippen molar-refractivity contribution in [2.45, 2.75) is 107 Å². The number of fused-ring (bicyclic) bond motifs is 5. The topological polar surface area (TPSA) is 20.1 Å². The van der Waals surface area contributed by atoms with E-state index in [1.165, 1.54) is 88.8 Å². The van der Waals surface area contributed by atoms with Gasteiger partial charge in [0.05, 0.1) is 0 Å². The Morgan fingerprint density at radius 3 is 1.13 bits per heavy atom. The van der Waals surface area contributed by atoms with Crippen LogP contribution in [0.1, 0.15) is 124 Å². The van der Waals surface area contributed by atoms with Crippen molar-refractivity contribution in [3.8, 4) is 0 Å². The van der Waals surface area contributed by atoms with Crippen LogP contribution in [0, 0.1) is 27.7 Å². The predicted molar refractivity (Wildman–Crippen MR) is 235 cm³/mol. The molecule has 0 radical (unpaired) electrons. The van der Waals surface area contributed by atoms with Crippen LogP contribution >= 0.6 is 0 Å². The standard InChI is InChI=1S/C35H40N2.C16H16N.Au/c1-22(2)28-15-11-16-29(23(3)4)34(28)36-21-37(33-20-27-14-10-9-13-26(27)19-32(33)36)35-30(24(5)6)17-12-18-31(35)25(7)8;1-9-5-11(3)15-13(7-9)14-8-10(2)6-12(4)16(14)17-15;/h9-20,22-25H,1-8H3;5-8H,1-4H3;/q+2;-1;+1. The van der Waals surface area contributed by atoms with E-state index in [9.17, 15) is 0 Å². The Hall–Kier alpha value is -4.50. The van der Waals surface area contributed by atoms with Crippen LogP contribution in [0.15, 0.2) is 97.1 Å². The molecule has 55 heavy (non-hydrogen) atoms. The molecule has 0 aliphatic carbocycles. The maximum Gasteiger partial charge on any atom is 1.00 e. The summed E-state index contributed by atoms with van der Waals surface area (Å²) in [6, 6.07) is 39.8. The monoisotopic (exact) mass is 907 g/mol. The van der Waals surface area contributed by atoms with E-state index in [4.69, 9.17) is 4.98 Å². The average Bonchev–Trinajstić information content (AvgIpc) is 3.68. The normalized spacial score (nSPS) is 12.4. The summed E-state index contributed by atoms with van der Waals surface area (Å²) in [5, 5.41) is 5.10. The van der Waals surface area contributed by atoms with Crippen LogP contribution in [-0.4, -0.2) is 6.01 Å². The summed E-state index contributed by atoms with van der Waals surface area (Å²) < 4.78 is 4.71. The van der Waals surface area contributed by atoms with Gasteiger partial charge in [-0.1, -0.05) is 163 Å². The second-order valence-corrected chi connectivity index (χ2v) is 16.7. The molecule has 0 unspecified atom stereocenters. The van der Waals surface area contributed by atoms with Crippen molar-refractivity contribution < 1.29 is 22.4 Å². The number of aryl methyl sites for hydroxylation is 4. The molecular weight excluding hydrogens is 852 g/mol. The first kappa shape index (κ1) is 40.2. The Balaban J connectivity index is 0.000000238. The Kier molecular flexibility index (Phi) is 11.6. The molecule has 4 heteroatoms. The summed E-state index contributed by atoms with van der Waals surface area (Å²) in [5.74, 6) is 1.62. The number of nitrogens with zero attached hydrogens (tertiary/aromatic N) is 3. The number of benzene rings is 6. The van der Waals surface area contributed by atoms with Gasteiger partial charge in [0.15, 0.2) is 0 Å². The first-order chi connectivity index (χ1) is 25.7. The van der Waals surface area contributed by atoms with Gasteiger partial charge in [-0.15, -0.1) is 11.0 Å². The van der Waals surface area contributed by atoms with Crippen molar-refractivity contribution in [2.24, 2.45) is 0 Å². The molecule has 0 amide bonds. The zero-order valence-electron chi connectivity index (χ0n) is 34.7. The zero-order valence-corrected chi connectivity index (χ0v) is 36.9. The number of rotatable bonds is 6. The first-order valence-corrected chi connectivity index (χ1v) is 19.8. The third kappa shape index (κ3) is 7.44. The molecule has 2 heterocycles. The summed E-state index contributed by atoms with van der Waals surface area (Å²) >= 11 is 0. The molecule has 7 aromatic rings. The van der Waals surface area contributed by atoms with Gasteiger partial charge < -0.3 is 4.98 Å². The van der Waals surface area contributed by atoms with Crippen LogP contribution in [0.3, 0.4) is 0 Å². The van der Waals surface area contributed by atoms with E-state index in [1.807, 2.05) is 0 Å². The number of hydrogen-bond donors (Lipinski definition) is 0. The van der Waals surface area contributed by atoms with E-state index < -0.39 is 0 Å². The van der Waals surface area contributed by atoms with E-state index in [0.29, 0.717) is 23.7 Å². The smallest absolute Gasteiger partial charge is 0.656 e. The predicted octanol–water partition coefficient (Wildman–Crippen LogP) is 14.4. The molecule has 284 valence electrons. The fourth-order valence-corrected chi connectivity index (χ4v) is 8.40. The molecule has 0 spiro atoms. The Bertz CT molecular complexity index is 2420. The summed E-state index contributed by atoms with van der Waals surface area (Å²) in [6.45, 7) is 26.9. The molecule has 0 bridgehead atoms. The van der Waals surface area contributed by atoms with E-state index in [0.717, 1.165) is 11.0 Å². The van der Waals surface area contributed by atoms with Crippen molar-refractivity contribution in [3.05, 3.63) is 142 Å². The first-order valence-electron chi connectivity index (χ1n) is 19.8. The molecule has 1 aliphatic heterocycles. The fourth-order valence-electron chi connectivity index (χ4n) is 8.40. The van der Waals surface area contributed by atoms with E-state index in [-0.39, 0.29) is 22.4 Å². The van der Waals surface area contributed by atoms with Crippen LogP contribution in [0.4, 0.5) is 22.7 Å². The van der Waals surface area contributed by atoms with Crippen molar-refractivity contribution >= 4 is 61.3 Å². The maximum absolute atomic E-state index is 4.80. The van der Waals surface area contributed by atoms with E-state index in [2.05, 4.69) is 195 Å². The third-order valence-electron chi connectivity index (χ3n) is 11.1. The van der Waals surface area contributed by atoms with Gasteiger partial charge in [-0.25, -0.2) is 0 Å². The summed E-state index contributed by atoms with van der Waals surface area (Å²) in [7, 11) is 0. The van der Waals surface area contributed by atoms with E-state index >= 15 is 0 Å². The van der Waals surface area contributed by atoms with Gasteiger partial charge in [0.2, 0.25) is 11.4 Å². The summed E-state index contributed by atoms with van der Waals surface area (Å²) in [4.78, 5) is 4.80. The van der Waals surface area contributed by atoms with Gasteiger partial charge in [-0.3, -0.25) is 0 Å². The Labute approximate surface area is 344 Å². The number of para-hydroxylation sites is 2. The van der Waals surface area contributed by atoms with Crippen LogP contribution in [-0.2, 0) is 22.4 Å². The van der Waals surface area contributed by atoms with Crippen LogP contribution < -0.4 is 14.1 Å². The molecule has 0 N–H and O–H groups in total. The average molecular weight is 908 g/mol. The zero-order chi connectivity index (χ0) is 38.6. The number of aromatic nitrogens is 1. The van der Waals surface area contributed by atoms with Crippen molar-refractivity contribution in [1.29, 1.82) is 0 Å². The minimum atomic E-state index is 0. The summed E-state index contributed by atoms with van der Waals surface area (Å²) in [5.41, 5.74) is 17.9. The fraction of sp³-hybridized carbons (Fsp3) is 0.314. The molecule has 0 atom stereocenters. The van der Waals surface area contributed by atoms with Gasteiger partial charge in [0.1, 0.15) is 0 Å². The molecule has 1 aromatic heterocycles. The van der Waals surface area contributed by atoms with Gasteiger partial charge in [-0.2, -0.15) is 0 Å². The third-order valence-corrected chi connectivity index (χ3v) is 11.1. The van der Waals surface area contributed by atoms with Gasteiger partial charge >= 0.3 is 28.4 Å². The van der Waals surface area contributed by atoms with Gasteiger partial charge in [0, 0.05) is 34.4 Å². The number of hydrogen-bond acceptors (Lipinski definition) is 0. The Morgan fingerprint density at radius 1 is 0.455 bits per heavy atom. The van der Waals surface area contributed by atoms with Crippen molar-refractivity contribution in [1.82, 2.24) is 14.1 Å². The second-order valence-electron chi connectivity index (χ2n) is 16.7. The molecule has 1 aliphatic rings. The molecule has 0 saturated heterocycles. The van der Waals surface area contributed by atoms with Crippen LogP contribution in [0.25, 0.3) is 32.6 Å². The molecule has 8 rings (SSSR count). The SMILES string of the molecule is CC(C)c1cccc(C(C)C)c1[N+]1=C=[N+](c2c(C(C)C)cccc2C(C)C)c2cc3ccccc3cc21.Cc1cc(C)c2[n-]c3c(C)cc(C)cc3c2c1.[Au+]. The summed E-state index contributed by atoms with van der Waals surface area (Å²) in [6.07, 6.45) is 0. The quantitative estimate of drug-likeness (QED) is 0.120. The van der Waals surface area contributed by atoms with Gasteiger partial charge in [-0.05, 0) is 82.1 Å². The van der Waals surface area contributed by atoms with Crippen molar-refractivity contribution in [3.63, 3.8) is 0 Å². The van der Waals surface area contributed by atoms with Crippen LogP contribution in [0.5, 0.6) is 0 Å². The van der Waals surface area contributed by atoms with Gasteiger partial charge in [0.25, 0.3) is 11.4 Å². The minimum absolute atomic E-state index is 0. The molecule has 6 aromatic carbocycles. The molecule has 0 fully saturated rings. The molecule has 3 nitrogen and oxygen atoms in total. The molecular formula is C51H56AuN3+2.